The fraction of sp³-hybridized carbons (Fsp3) is 0.160. The zero-order chi connectivity index (χ0) is 24.7. The zero-order valence-corrected chi connectivity index (χ0v) is 19.6. The molecular formula is C25H20N4O6S. The summed E-state index contributed by atoms with van der Waals surface area (Å²) in [5, 5.41) is 10.3. The molecule has 0 fully saturated rings. The van der Waals surface area contributed by atoms with Gasteiger partial charge in [0.05, 0.1) is 10.6 Å². The summed E-state index contributed by atoms with van der Waals surface area (Å²) in [5.74, 6) is 0.824. The van der Waals surface area contributed by atoms with Crippen molar-refractivity contribution in [3.8, 4) is 11.5 Å². The molecule has 3 heterocycles. The molecule has 0 spiro atoms. The first-order chi connectivity index (χ1) is 17.5. The lowest BCUT2D eigenvalue weighted by Gasteiger charge is -2.23. The van der Waals surface area contributed by atoms with Crippen LogP contribution < -0.4 is 19.1 Å². The molecule has 36 heavy (non-hydrogen) atoms. The van der Waals surface area contributed by atoms with E-state index in [9.17, 15) is 13.2 Å². The van der Waals surface area contributed by atoms with Crippen LogP contribution in [0.1, 0.15) is 27.9 Å². The molecule has 0 bridgehead atoms. The number of carbonyl (C=O) groups excluding carboxylic acids is 1. The number of ether oxygens (including phenoxy) is 2. The highest BCUT2D eigenvalue weighted by atomic mass is 32.2. The van der Waals surface area contributed by atoms with Gasteiger partial charge in [-0.25, -0.2) is 8.42 Å². The molecule has 182 valence electrons. The molecule has 3 aromatic carbocycles. The highest BCUT2D eigenvalue weighted by Crippen LogP contribution is 2.36. The van der Waals surface area contributed by atoms with E-state index >= 15 is 0 Å². The number of fused-ring (bicyclic) bond motifs is 2. The predicted octanol–water partition coefficient (Wildman–Crippen LogP) is 3.59. The third-order valence-corrected chi connectivity index (χ3v) is 7.82. The largest absolute Gasteiger partial charge is 0.485 e. The van der Waals surface area contributed by atoms with Gasteiger partial charge in [-0.2, -0.15) is 0 Å². The molecular weight excluding hydrogens is 484 g/mol. The molecule has 6 rings (SSSR count). The van der Waals surface area contributed by atoms with Crippen LogP contribution in [0.25, 0.3) is 0 Å². The van der Waals surface area contributed by atoms with Crippen molar-refractivity contribution in [3.63, 3.8) is 0 Å². The van der Waals surface area contributed by atoms with Crippen LogP contribution in [0.15, 0.2) is 82.1 Å². The molecule has 0 saturated heterocycles. The number of sulfonamides is 1. The van der Waals surface area contributed by atoms with Gasteiger partial charge in [-0.15, -0.1) is 5.10 Å². The van der Waals surface area contributed by atoms with Crippen LogP contribution in [0.5, 0.6) is 11.5 Å². The lowest BCUT2D eigenvalue weighted by atomic mass is 10.2. The maximum atomic E-state index is 13.2. The van der Waals surface area contributed by atoms with E-state index in [0.717, 1.165) is 5.56 Å². The Balaban J connectivity index is 1.14. The number of anilines is 2. The van der Waals surface area contributed by atoms with Crippen molar-refractivity contribution in [1.82, 2.24) is 10.2 Å². The van der Waals surface area contributed by atoms with Crippen LogP contribution in [0.4, 0.5) is 11.7 Å². The number of para-hydroxylation sites is 3. The normalized spacial score (nSPS) is 16.4. The van der Waals surface area contributed by atoms with Crippen molar-refractivity contribution in [1.29, 1.82) is 0 Å². The van der Waals surface area contributed by atoms with Gasteiger partial charge in [0.25, 0.3) is 21.8 Å². The van der Waals surface area contributed by atoms with Crippen LogP contribution in [-0.4, -0.2) is 37.7 Å². The van der Waals surface area contributed by atoms with Crippen molar-refractivity contribution in [2.45, 2.75) is 17.4 Å². The van der Waals surface area contributed by atoms with Crippen molar-refractivity contribution in [3.05, 3.63) is 89.8 Å². The molecule has 2 aliphatic rings. The minimum Gasteiger partial charge on any atom is -0.485 e. The third-order valence-electron chi connectivity index (χ3n) is 5.99. The summed E-state index contributed by atoms with van der Waals surface area (Å²) >= 11 is 0. The number of carbonyl (C=O) groups is 1. The number of benzene rings is 3. The van der Waals surface area contributed by atoms with E-state index in [2.05, 4.69) is 15.5 Å². The topological polar surface area (TPSA) is 124 Å². The molecule has 2 aliphatic heterocycles. The molecule has 1 amide bonds. The van der Waals surface area contributed by atoms with Gasteiger partial charge in [0.15, 0.2) is 11.5 Å². The standard InChI is InChI=1S/C25H20N4O6S/c30-23(26-25-28-27-24(35-25)22-15-33-20-7-3-4-8-21(20)34-22)17-9-11-18(12-10-17)36(31,32)29-14-13-16-5-1-2-6-19(16)29/h1-12,22H,13-15H2,(H,26,28,30). The second kappa shape index (κ2) is 8.68. The second-order valence-electron chi connectivity index (χ2n) is 8.24. The van der Waals surface area contributed by atoms with Gasteiger partial charge in [-0.05, 0) is 54.4 Å². The highest BCUT2D eigenvalue weighted by Gasteiger charge is 2.31. The quantitative estimate of drug-likeness (QED) is 0.437. The van der Waals surface area contributed by atoms with E-state index in [-0.39, 0.29) is 29.0 Å². The summed E-state index contributed by atoms with van der Waals surface area (Å²) < 4.78 is 44.8. The number of hydrogen-bond donors (Lipinski definition) is 1. The van der Waals surface area contributed by atoms with Gasteiger partial charge in [-0.3, -0.25) is 14.4 Å². The Morgan fingerprint density at radius 3 is 2.53 bits per heavy atom. The molecule has 1 atom stereocenters. The molecule has 11 heteroatoms. The Kier molecular flexibility index (Phi) is 5.33. The van der Waals surface area contributed by atoms with Gasteiger partial charge < -0.3 is 13.9 Å². The third kappa shape index (κ3) is 3.93. The lowest BCUT2D eigenvalue weighted by molar-refractivity contribution is 0.0716. The van der Waals surface area contributed by atoms with E-state index in [0.29, 0.717) is 30.2 Å². The van der Waals surface area contributed by atoms with Crippen LogP contribution >= 0.6 is 0 Å². The SMILES string of the molecule is O=C(Nc1nnc(C2COc3ccccc3O2)o1)c1ccc(S(=O)(=O)N2CCc3ccccc32)cc1. The minimum atomic E-state index is -3.75. The minimum absolute atomic E-state index is 0.102. The fourth-order valence-electron chi connectivity index (χ4n) is 4.19. The van der Waals surface area contributed by atoms with Crippen LogP contribution in [0, 0.1) is 0 Å². The summed E-state index contributed by atoms with van der Waals surface area (Å²) in [6.07, 6.45) is 0.0466. The smallest absolute Gasteiger partial charge is 0.322 e. The molecule has 0 aliphatic carbocycles. The fourth-order valence-corrected chi connectivity index (χ4v) is 5.69. The molecule has 1 aromatic heterocycles. The Hall–Kier alpha value is -4.38. The van der Waals surface area contributed by atoms with Gasteiger partial charge >= 0.3 is 6.01 Å². The van der Waals surface area contributed by atoms with Crippen molar-refractivity contribution >= 4 is 27.6 Å². The molecule has 4 aromatic rings. The average Bonchev–Trinajstić information content (AvgIpc) is 3.56. The van der Waals surface area contributed by atoms with E-state index in [4.69, 9.17) is 13.9 Å². The van der Waals surface area contributed by atoms with Crippen LogP contribution in [-0.2, 0) is 16.4 Å². The highest BCUT2D eigenvalue weighted by molar-refractivity contribution is 7.92. The number of amides is 1. The molecule has 0 radical (unpaired) electrons. The number of rotatable bonds is 5. The first-order valence-electron chi connectivity index (χ1n) is 11.2. The Morgan fingerprint density at radius 2 is 1.69 bits per heavy atom. The maximum absolute atomic E-state index is 13.2. The first kappa shape index (κ1) is 22.1. The summed E-state index contributed by atoms with van der Waals surface area (Å²) in [6.45, 7) is 0.564. The molecule has 1 N–H and O–H groups in total. The van der Waals surface area contributed by atoms with Gasteiger partial charge in [0.2, 0.25) is 6.10 Å². The summed E-state index contributed by atoms with van der Waals surface area (Å²) in [4.78, 5) is 12.8. The number of hydrogen-bond acceptors (Lipinski definition) is 8. The van der Waals surface area contributed by atoms with Crippen LogP contribution in [0.2, 0.25) is 0 Å². The van der Waals surface area contributed by atoms with Gasteiger partial charge in [0, 0.05) is 12.1 Å². The summed E-state index contributed by atoms with van der Waals surface area (Å²) in [5.41, 5.74) is 1.91. The van der Waals surface area contributed by atoms with Gasteiger partial charge in [0.1, 0.15) is 6.61 Å². The monoisotopic (exact) mass is 504 g/mol. The number of aromatic nitrogens is 2. The van der Waals surface area contributed by atoms with E-state index < -0.39 is 22.0 Å². The van der Waals surface area contributed by atoms with Crippen molar-refractivity contribution in [2.75, 3.05) is 22.8 Å². The second-order valence-corrected chi connectivity index (χ2v) is 10.1. The van der Waals surface area contributed by atoms with Crippen molar-refractivity contribution in [2.24, 2.45) is 0 Å². The summed E-state index contributed by atoms with van der Waals surface area (Å²) in [7, 11) is -3.75. The first-order valence-corrected chi connectivity index (χ1v) is 12.7. The van der Waals surface area contributed by atoms with E-state index in [1.807, 2.05) is 30.3 Å². The Morgan fingerprint density at radius 1 is 0.944 bits per heavy atom. The number of nitrogens with zero attached hydrogens (tertiary/aromatic N) is 3. The maximum Gasteiger partial charge on any atom is 0.322 e. The number of nitrogens with one attached hydrogen (secondary N) is 1. The summed E-state index contributed by atoms with van der Waals surface area (Å²) in [6, 6.07) is 20.3. The van der Waals surface area contributed by atoms with E-state index in [1.165, 1.54) is 28.6 Å². The average molecular weight is 505 g/mol. The zero-order valence-electron chi connectivity index (χ0n) is 18.8. The molecule has 10 nitrogen and oxygen atoms in total. The van der Waals surface area contributed by atoms with Crippen molar-refractivity contribution < 1.29 is 27.1 Å². The Labute approximate surface area is 206 Å². The Bertz CT molecular complexity index is 1550. The van der Waals surface area contributed by atoms with Crippen LogP contribution in [0.3, 0.4) is 0 Å². The molecule has 1 unspecified atom stereocenters. The molecule has 0 saturated carbocycles. The van der Waals surface area contributed by atoms with Gasteiger partial charge in [-0.1, -0.05) is 35.4 Å². The van der Waals surface area contributed by atoms with E-state index in [1.54, 1.807) is 18.2 Å². The lowest BCUT2D eigenvalue weighted by Crippen LogP contribution is -2.29. The predicted molar refractivity (Wildman–Crippen MR) is 129 cm³/mol.